The number of non-ortho nitro benzene ring substituents is 1. The van der Waals surface area contributed by atoms with Gasteiger partial charge in [-0.2, -0.15) is 0 Å². The van der Waals surface area contributed by atoms with E-state index >= 15 is 0 Å². The highest BCUT2D eigenvalue weighted by Crippen LogP contribution is 2.19. The monoisotopic (exact) mass is 824 g/mol. The molecule has 6 heterocycles. The van der Waals surface area contributed by atoms with Crippen molar-refractivity contribution >= 4 is 85.8 Å². The summed E-state index contributed by atoms with van der Waals surface area (Å²) in [5.74, 6) is -0.146. The molecule has 6 aliphatic rings. The van der Waals surface area contributed by atoms with Gasteiger partial charge >= 0.3 is 41.7 Å². The van der Waals surface area contributed by atoms with Crippen LogP contribution in [0.5, 0.6) is 0 Å². The number of hydrogen-bond acceptors (Lipinski definition) is 10. The highest BCUT2D eigenvalue weighted by atomic mass is 19.1. The Morgan fingerprint density at radius 2 is 1.15 bits per heavy atom. The van der Waals surface area contributed by atoms with Crippen LogP contribution in [-0.4, -0.2) is 61.7 Å². The topological polar surface area (TPSA) is 167 Å². The van der Waals surface area contributed by atoms with E-state index in [1.54, 1.807) is 12.1 Å². The van der Waals surface area contributed by atoms with E-state index in [-0.39, 0.29) is 39.7 Å². The zero-order valence-corrected chi connectivity index (χ0v) is 34.4. The smallest absolute Gasteiger partial charge is 0.446 e. The van der Waals surface area contributed by atoms with Crippen molar-refractivity contribution in [2.75, 3.05) is 5.73 Å². The molecule has 18 heteroatoms. The lowest BCUT2D eigenvalue weighted by Gasteiger charge is -2.03. The molecule has 61 heavy (non-hydrogen) atoms. The van der Waals surface area contributed by atoms with Crippen molar-refractivity contribution in [2.45, 2.75) is 86.7 Å². The van der Waals surface area contributed by atoms with Crippen molar-refractivity contribution in [3.05, 3.63) is 140 Å². The van der Waals surface area contributed by atoms with E-state index in [9.17, 15) is 29.6 Å². The second-order valence-electron chi connectivity index (χ2n) is 15.9. The van der Waals surface area contributed by atoms with Crippen LogP contribution in [-0.2, 0) is 57.9 Å². The summed E-state index contributed by atoms with van der Waals surface area (Å²) in [4.78, 5) is 9.99. The zero-order valence-electron chi connectivity index (χ0n) is 34.4. The highest BCUT2D eigenvalue weighted by molar-refractivity contribution is 6.70. The fourth-order valence-electron chi connectivity index (χ4n) is 8.64. The van der Waals surface area contributed by atoms with Crippen molar-refractivity contribution in [2.24, 2.45) is 0 Å². The number of benzene rings is 5. The van der Waals surface area contributed by atoms with Crippen molar-refractivity contribution in [3.63, 3.8) is 0 Å². The molecule has 5 aromatic carbocycles. The molecule has 6 aliphatic heterocycles. The normalized spacial score (nSPS) is 15.6. The second kappa shape index (κ2) is 20.0. The summed E-state index contributed by atoms with van der Waals surface area (Å²) in [7, 11) is -0.744. The van der Waals surface area contributed by atoms with Crippen LogP contribution in [0.15, 0.2) is 84.9 Å². The molecule has 312 valence electrons. The number of hydrogen-bond donors (Lipinski definition) is 4. The Hall–Kier alpha value is -4.66. The van der Waals surface area contributed by atoms with Crippen LogP contribution in [0.2, 0.25) is 33.1 Å². The number of nitrogens with two attached hydrogens (primary N) is 1. The Morgan fingerprint density at radius 1 is 0.623 bits per heavy atom. The Kier molecular flexibility index (Phi) is 15.1. The van der Waals surface area contributed by atoms with Gasteiger partial charge < -0.3 is 39.4 Å². The molecule has 5 N–H and O–H groups in total. The van der Waals surface area contributed by atoms with Gasteiger partial charge in [-0.3, -0.25) is 10.1 Å². The molecular weight excluding hydrogens is 772 g/mol. The fraction of sp³-hybridized carbons (Fsp3) is 0.302. The molecule has 0 spiro atoms. The highest BCUT2D eigenvalue weighted by Gasteiger charge is 2.33. The summed E-state index contributed by atoms with van der Waals surface area (Å²) in [5, 5.41) is 38.9. The van der Waals surface area contributed by atoms with Crippen LogP contribution in [0.25, 0.3) is 0 Å². The summed E-state index contributed by atoms with van der Waals surface area (Å²) in [5.41, 5.74) is 20.6. The maximum absolute atomic E-state index is 13.1. The lowest BCUT2D eigenvalue weighted by Crippen LogP contribution is -2.32. The lowest BCUT2D eigenvalue weighted by molar-refractivity contribution is -0.384. The van der Waals surface area contributed by atoms with Gasteiger partial charge in [0.1, 0.15) is 5.82 Å². The third-order valence-corrected chi connectivity index (χ3v) is 11.9. The summed E-state index contributed by atoms with van der Waals surface area (Å²) in [6.07, 6.45) is 3.32. The first-order chi connectivity index (χ1) is 28.8. The van der Waals surface area contributed by atoms with E-state index in [0.29, 0.717) is 38.5 Å². The van der Waals surface area contributed by atoms with E-state index in [1.807, 2.05) is 44.0 Å². The summed E-state index contributed by atoms with van der Waals surface area (Å²) in [6.45, 7) is 10.3. The Morgan fingerprint density at radius 3 is 1.79 bits per heavy atom. The predicted molar refractivity (Wildman–Crippen MR) is 247 cm³/mol. The summed E-state index contributed by atoms with van der Waals surface area (Å²) >= 11 is 0. The van der Waals surface area contributed by atoms with Crippen LogP contribution in [0.3, 0.4) is 0 Å². The van der Waals surface area contributed by atoms with Crippen LogP contribution >= 0.6 is 0 Å². The summed E-state index contributed by atoms with van der Waals surface area (Å²) < 4.78 is 34.5. The maximum Gasteiger partial charge on any atom is 0.491 e. The van der Waals surface area contributed by atoms with E-state index in [1.165, 1.54) is 51.4 Å². The average Bonchev–Trinajstić information content (AvgIpc) is 4.11. The van der Waals surface area contributed by atoms with Crippen LogP contribution < -0.4 is 38.5 Å². The Balaban J connectivity index is 0.000000127. The molecule has 0 aromatic heterocycles. The number of aryl methyl sites for hydroxylation is 3. The lowest BCUT2D eigenvalue weighted by atomic mass is 9.62. The number of halogens is 1. The fourth-order valence-corrected chi connectivity index (χ4v) is 8.64. The molecule has 0 radical (unpaired) electrons. The third-order valence-electron chi connectivity index (χ3n) is 11.9. The first kappa shape index (κ1) is 45.9. The number of fused-ring (bicyclic) bond motifs is 6. The number of anilines is 1. The van der Waals surface area contributed by atoms with Gasteiger partial charge in [0.05, 0.1) is 31.4 Å². The molecule has 0 aliphatic carbocycles. The van der Waals surface area contributed by atoms with E-state index in [0.717, 1.165) is 64.5 Å². The molecule has 0 saturated carbocycles. The van der Waals surface area contributed by atoms with Gasteiger partial charge in [0.25, 0.3) is 5.69 Å². The Bertz CT molecular complexity index is 2280. The zero-order chi connectivity index (χ0) is 42.7. The molecule has 0 fully saturated rings. The van der Waals surface area contributed by atoms with Gasteiger partial charge in [0.15, 0.2) is 0 Å². The number of nitro groups is 1. The standard InChI is InChI=1S/C9H10B2O3.C9H11BO.C8H8BFO.C8H8BNO3.C8H10BNO.CH4/c1-10-8-2-7-5-14-11(12)9(7)3-6(8)4-13-10;1-7-4-3-5-8-6-11-10(2)9(7)8;1-9-8-6(5-11-9)3-2-4-7(8)10;11-9-4-3-6-1-2-7(10(12)13)5-8(6)9;10-7-2-1-6-3-4-9(11)8(6)5-7;/h2-3,12H,4-5H2,1H3;3-5H,6H2,1-2H3;2-4H,5H2,1H3;1-2,5,11H,3-4H2;1-2,5,11H,3-4,10H2;1H4. The minimum atomic E-state index is -0.744. The minimum absolute atomic E-state index is 0. The van der Waals surface area contributed by atoms with Crippen molar-refractivity contribution in [3.8, 4) is 0 Å². The number of nitro benzene ring substituents is 1. The third kappa shape index (κ3) is 10.3. The molecule has 0 unspecified atom stereocenters. The van der Waals surface area contributed by atoms with Gasteiger partial charge in [0.2, 0.25) is 0 Å². The van der Waals surface area contributed by atoms with Gasteiger partial charge in [-0.25, -0.2) is 4.39 Å². The van der Waals surface area contributed by atoms with E-state index in [2.05, 4.69) is 38.0 Å². The minimum Gasteiger partial charge on any atom is -0.446 e. The molecule has 0 saturated heterocycles. The van der Waals surface area contributed by atoms with Crippen molar-refractivity contribution in [1.29, 1.82) is 0 Å². The molecule has 11 rings (SSSR count). The van der Waals surface area contributed by atoms with Crippen LogP contribution in [0, 0.1) is 22.9 Å². The predicted octanol–water partition coefficient (Wildman–Crippen LogP) is 2.79. The van der Waals surface area contributed by atoms with Crippen molar-refractivity contribution in [1.82, 2.24) is 0 Å². The molecule has 11 nitrogen and oxygen atoms in total. The SMILES string of the molecule is C.CB1OCc2cc3c(cc21)COB3O.CB1OCc2cccc(C)c21.CB1OCc2cccc(F)c21.Nc1ccc2c(c1)B(O)CC2.O=[N+]([O-])c1ccc2c(c1)B(O)CC2. The number of nitrogen functional groups attached to an aromatic ring is 1. The molecule has 0 bridgehead atoms. The van der Waals surface area contributed by atoms with Crippen LogP contribution in [0.1, 0.15) is 46.4 Å². The molecule has 0 amide bonds. The first-order valence-electron chi connectivity index (χ1n) is 20.5. The van der Waals surface area contributed by atoms with Gasteiger partial charge in [-0.15, -0.1) is 0 Å². The van der Waals surface area contributed by atoms with Crippen LogP contribution in [0.4, 0.5) is 15.8 Å². The Labute approximate surface area is 360 Å². The van der Waals surface area contributed by atoms with Gasteiger partial charge in [0, 0.05) is 17.8 Å². The number of rotatable bonds is 1. The average molecular weight is 824 g/mol. The van der Waals surface area contributed by atoms with Gasteiger partial charge in [-0.05, 0) is 106 Å². The first-order valence-corrected chi connectivity index (χ1v) is 20.5. The van der Waals surface area contributed by atoms with E-state index in [4.69, 9.17) is 24.4 Å². The molecular formula is C43H51B6FN2O9. The van der Waals surface area contributed by atoms with Crippen molar-refractivity contribution < 1.29 is 43.0 Å². The number of nitrogens with zero attached hydrogens (tertiary/aromatic N) is 1. The maximum atomic E-state index is 13.1. The molecule has 5 aromatic rings. The quantitative estimate of drug-likeness (QED) is 0.0856. The largest absolute Gasteiger partial charge is 0.491 e. The summed E-state index contributed by atoms with van der Waals surface area (Å²) in [6, 6.07) is 26.0. The second-order valence-corrected chi connectivity index (χ2v) is 15.9. The molecule has 0 atom stereocenters. The van der Waals surface area contributed by atoms with E-state index < -0.39 is 19.0 Å². The van der Waals surface area contributed by atoms with Gasteiger partial charge in [-0.1, -0.05) is 99.2 Å².